The lowest BCUT2D eigenvalue weighted by atomic mass is 10.1. The molecule has 0 fully saturated rings. The van der Waals surface area contributed by atoms with E-state index in [0.717, 1.165) is 5.56 Å². The number of fused-ring (bicyclic) bond motifs is 1. The minimum Gasteiger partial charge on any atom is -0.486 e. The zero-order valence-electron chi connectivity index (χ0n) is 11.7. The van der Waals surface area contributed by atoms with Crippen LogP contribution in [0.4, 0.5) is 0 Å². The summed E-state index contributed by atoms with van der Waals surface area (Å²) in [6.45, 7) is 1.47. The first-order valence-corrected chi connectivity index (χ1v) is 7.24. The van der Waals surface area contributed by atoms with Gasteiger partial charge >= 0.3 is 0 Å². The molecule has 1 N–H and O–H groups in total. The standard InChI is InChI=1S/C15H14ClN3O3/c16-11-7-10(8-13-14(11)22-6-5-21-13)1-2-19-15(20)12-9-17-3-4-18-12/h3-4,7-9H,1-2,5-6H2,(H,19,20). The van der Waals surface area contributed by atoms with Crippen LogP contribution in [0.25, 0.3) is 0 Å². The van der Waals surface area contributed by atoms with Crippen LogP contribution >= 0.6 is 11.6 Å². The molecule has 0 spiro atoms. The van der Waals surface area contributed by atoms with Gasteiger partial charge in [0.05, 0.1) is 11.2 Å². The largest absolute Gasteiger partial charge is 0.486 e. The quantitative estimate of drug-likeness (QED) is 0.931. The van der Waals surface area contributed by atoms with Gasteiger partial charge in [-0.25, -0.2) is 4.98 Å². The van der Waals surface area contributed by atoms with Crippen molar-refractivity contribution in [3.63, 3.8) is 0 Å². The molecular formula is C15H14ClN3O3. The maximum Gasteiger partial charge on any atom is 0.271 e. The Morgan fingerprint density at radius 1 is 1.27 bits per heavy atom. The molecule has 1 aliphatic rings. The molecule has 2 aromatic rings. The Bertz CT molecular complexity index is 679. The van der Waals surface area contributed by atoms with Crippen molar-refractivity contribution in [2.75, 3.05) is 19.8 Å². The van der Waals surface area contributed by atoms with E-state index in [9.17, 15) is 4.79 Å². The van der Waals surface area contributed by atoms with Crippen molar-refractivity contribution in [1.82, 2.24) is 15.3 Å². The number of halogens is 1. The Balaban J connectivity index is 1.60. The van der Waals surface area contributed by atoms with Crippen molar-refractivity contribution in [1.29, 1.82) is 0 Å². The first-order valence-electron chi connectivity index (χ1n) is 6.86. The summed E-state index contributed by atoms with van der Waals surface area (Å²) in [6.07, 6.45) is 5.06. The molecule has 2 heterocycles. The van der Waals surface area contributed by atoms with E-state index in [4.69, 9.17) is 21.1 Å². The van der Waals surface area contributed by atoms with Gasteiger partial charge in [-0.2, -0.15) is 0 Å². The molecule has 0 unspecified atom stereocenters. The van der Waals surface area contributed by atoms with Crippen LogP contribution in [0.2, 0.25) is 5.02 Å². The molecule has 1 aromatic heterocycles. The number of nitrogens with one attached hydrogen (secondary N) is 1. The Morgan fingerprint density at radius 2 is 2.14 bits per heavy atom. The molecule has 3 rings (SSSR count). The molecular weight excluding hydrogens is 306 g/mol. The molecule has 0 atom stereocenters. The van der Waals surface area contributed by atoms with Crippen LogP contribution in [0.1, 0.15) is 16.1 Å². The van der Waals surface area contributed by atoms with Crippen LogP contribution in [0, 0.1) is 0 Å². The molecule has 1 aliphatic heterocycles. The number of amides is 1. The summed E-state index contributed by atoms with van der Waals surface area (Å²) in [5, 5.41) is 3.31. The predicted molar refractivity (Wildman–Crippen MR) is 80.5 cm³/mol. The van der Waals surface area contributed by atoms with Crippen molar-refractivity contribution in [2.24, 2.45) is 0 Å². The number of benzene rings is 1. The molecule has 0 aliphatic carbocycles. The second-order valence-electron chi connectivity index (χ2n) is 4.70. The van der Waals surface area contributed by atoms with E-state index in [0.29, 0.717) is 48.4 Å². The molecule has 6 nitrogen and oxygen atoms in total. The van der Waals surface area contributed by atoms with Gasteiger partial charge in [0, 0.05) is 18.9 Å². The molecule has 1 amide bonds. The third-order valence-corrected chi connectivity index (χ3v) is 3.43. The van der Waals surface area contributed by atoms with Crippen LogP contribution in [0.15, 0.2) is 30.7 Å². The predicted octanol–water partition coefficient (Wildman–Crippen LogP) is 1.87. The van der Waals surface area contributed by atoms with Crippen LogP contribution in [0.5, 0.6) is 11.5 Å². The molecule has 1 aromatic carbocycles. The van der Waals surface area contributed by atoms with E-state index in [-0.39, 0.29) is 5.91 Å². The van der Waals surface area contributed by atoms with E-state index in [1.54, 1.807) is 0 Å². The minimum atomic E-state index is -0.253. The summed E-state index contributed by atoms with van der Waals surface area (Å²) >= 11 is 6.17. The van der Waals surface area contributed by atoms with Crippen molar-refractivity contribution < 1.29 is 14.3 Å². The minimum absolute atomic E-state index is 0.253. The zero-order chi connectivity index (χ0) is 15.4. The molecule has 114 valence electrons. The number of aromatic nitrogens is 2. The van der Waals surface area contributed by atoms with Crippen LogP contribution in [-0.4, -0.2) is 35.6 Å². The number of carbonyl (C=O) groups is 1. The third kappa shape index (κ3) is 3.28. The van der Waals surface area contributed by atoms with Crippen LogP contribution < -0.4 is 14.8 Å². The summed E-state index contributed by atoms with van der Waals surface area (Å²) in [4.78, 5) is 19.7. The summed E-state index contributed by atoms with van der Waals surface area (Å²) in [7, 11) is 0. The Hall–Kier alpha value is -2.34. The van der Waals surface area contributed by atoms with Gasteiger partial charge in [0.25, 0.3) is 5.91 Å². The van der Waals surface area contributed by atoms with Crippen molar-refractivity contribution >= 4 is 17.5 Å². The van der Waals surface area contributed by atoms with E-state index in [1.165, 1.54) is 18.6 Å². The van der Waals surface area contributed by atoms with Gasteiger partial charge in [-0.05, 0) is 24.1 Å². The smallest absolute Gasteiger partial charge is 0.271 e. The highest BCUT2D eigenvalue weighted by Gasteiger charge is 2.16. The summed E-state index contributed by atoms with van der Waals surface area (Å²) < 4.78 is 11.0. The first kappa shape index (κ1) is 14.6. The van der Waals surface area contributed by atoms with Gasteiger partial charge < -0.3 is 14.8 Å². The fourth-order valence-corrected chi connectivity index (χ4v) is 2.42. The van der Waals surface area contributed by atoms with Gasteiger partial charge in [0.15, 0.2) is 11.5 Å². The highest BCUT2D eigenvalue weighted by Crippen LogP contribution is 2.38. The van der Waals surface area contributed by atoms with Crippen LogP contribution in [0.3, 0.4) is 0 Å². The van der Waals surface area contributed by atoms with E-state index >= 15 is 0 Å². The lowest BCUT2D eigenvalue weighted by Crippen LogP contribution is -2.26. The normalized spacial score (nSPS) is 12.8. The van der Waals surface area contributed by atoms with Crippen molar-refractivity contribution in [3.05, 3.63) is 47.0 Å². The highest BCUT2D eigenvalue weighted by atomic mass is 35.5. The Labute approximate surface area is 132 Å². The molecule has 0 radical (unpaired) electrons. The number of hydrogen-bond acceptors (Lipinski definition) is 5. The number of carbonyl (C=O) groups excluding carboxylic acids is 1. The molecule has 0 saturated carbocycles. The first-order chi connectivity index (χ1) is 10.7. The topological polar surface area (TPSA) is 73.3 Å². The maximum atomic E-state index is 11.9. The Morgan fingerprint density at radius 3 is 2.95 bits per heavy atom. The number of hydrogen-bond donors (Lipinski definition) is 1. The van der Waals surface area contributed by atoms with Gasteiger partial charge in [-0.3, -0.25) is 9.78 Å². The molecule has 22 heavy (non-hydrogen) atoms. The summed E-state index contributed by atoms with van der Waals surface area (Å²) in [6, 6.07) is 3.71. The van der Waals surface area contributed by atoms with Gasteiger partial charge in [0.2, 0.25) is 0 Å². The summed E-state index contributed by atoms with van der Waals surface area (Å²) in [5.41, 5.74) is 1.26. The second-order valence-corrected chi connectivity index (χ2v) is 5.11. The van der Waals surface area contributed by atoms with E-state index < -0.39 is 0 Å². The number of ether oxygens (including phenoxy) is 2. The fourth-order valence-electron chi connectivity index (χ4n) is 2.14. The van der Waals surface area contributed by atoms with Gasteiger partial charge in [-0.1, -0.05) is 11.6 Å². The molecule has 0 bridgehead atoms. The SMILES string of the molecule is O=C(NCCc1cc(Cl)c2c(c1)OCCO2)c1cnccn1. The van der Waals surface area contributed by atoms with E-state index in [1.807, 2.05) is 12.1 Å². The number of nitrogens with zero attached hydrogens (tertiary/aromatic N) is 2. The van der Waals surface area contributed by atoms with Crippen LogP contribution in [-0.2, 0) is 6.42 Å². The number of rotatable bonds is 4. The van der Waals surface area contributed by atoms with Crippen molar-refractivity contribution in [3.8, 4) is 11.5 Å². The molecule has 7 heteroatoms. The maximum absolute atomic E-state index is 11.9. The monoisotopic (exact) mass is 319 g/mol. The molecule has 0 saturated heterocycles. The third-order valence-electron chi connectivity index (χ3n) is 3.15. The highest BCUT2D eigenvalue weighted by molar-refractivity contribution is 6.32. The second kappa shape index (κ2) is 6.62. The zero-order valence-corrected chi connectivity index (χ0v) is 12.5. The van der Waals surface area contributed by atoms with Crippen molar-refractivity contribution in [2.45, 2.75) is 6.42 Å². The average molecular weight is 320 g/mol. The van der Waals surface area contributed by atoms with Gasteiger partial charge in [-0.15, -0.1) is 0 Å². The fraction of sp³-hybridized carbons (Fsp3) is 0.267. The average Bonchev–Trinajstić information content (AvgIpc) is 2.56. The van der Waals surface area contributed by atoms with E-state index in [2.05, 4.69) is 15.3 Å². The van der Waals surface area contributed by atoms with Gasteiger partial charge in [0.1, 0.15) is 18.9 Å². The lowest BCUT2D eigenvalue weighted by molar-refractivity contribution is 0.0948. The Kier molecular flexibility index (Phi) is 4.39. The lowest BCUT2D eigenvalue weighted by Gasteiger charge is -2.20. The summed E-state index contributed by atoms with van der Waals surface area (Å²) in [5.74, 6) is 0.978.